The summed E-state index contributed by atoms with van der Waals surface area (Å²) in [4.78, 5) is 0. The van der Waals surface area contributed by atoms with Crippen molar-refractivity contribution in [3.8, 4) is 0 Å². The second-order valence-corrected chi connectivity index (χ2v) is 12.1. The van der Waals surface area contributed by atoms with Crippen molar-refractivity contribution >= 4 is 0 Å². The number of hydrogen-bond donors (Lipinski definition) is 1. The van der Waals surface area contributed by atoms with E-state index in [0.29, 0.717) is 10.8 Å². The lowest BCUT2D eigenvalue weighted by Crippen LogP contribution is -2.51. The molecule has 0 radical (unpaired) electrons. The molecular formula is C27H46O. The van der Waals surface area contributed by atoms with E-state index in [4.69, 9.17) is 0 Å². The van der Waals surface area contributed by atoms with Gasteiger partial charge in [-0.05, 0) is 103 Å². The third-order valence-corrected chi connectivity index (χ3v) is 10.3. The second-order valence-electron chi connectivity index (χ2n) is 12.1. The minimum Gasteiger partial charge on any atom is -0.389 e. The zero-order valence-electron chi connectivity index (χ0n) is 19.3. The third kappa shape index (κ3) is 3.32. The molecule has 8 atom stereocenters. The molecule has 0 bridgehead atoms. The van der Waals surface area contributed by atoms with Crippen molar-refractivity contribution in [1.29, 1.82) is 0 Å². The van der Waals surface area contributed by atoms with Gasteiger partial charge in [-0.2, -0.15) is 0 Å². The van der Waals surface area contributed by atoms with Crippen LogP contribution in [0.4, 0.5) is 0 Å². The first kappa shape index (κ1) is 21.0. The SMILES string of the molecule is CC(C)CCC[C@@H](C)[C@@H]1CC[C@@H]2[C@H]3CC=C4[C@H](O)CCC[C@]4(C)[C@@H]3CC[C@]21C. The Balaban J connectivity index is 1.50. The van der Waals surface area contributed by atoms with Crippen LogP contribution in [0.15, 0.2) is 11.6 Å². The summed E-state index contributed by atoms with van der Waals surface area (Å²) >= 11 is 0. The summed E-state index contributed by atoms with van der Waals surface area (Å²) in [5, 5.41) is 10.7. The maximum absolute atomic E-state index is 10.7. The Bertz CT molecular complexity index is 591. The van der Waals surface area contributed by atoms with Crippen molar-refractivity contribution in [2.45, 2.75) is 111 Å². The Hall–Kier alpha value is -0.300. The molecule has 0 spiro atoms. The molecule has 0 amide bonds. The van der Waals surface area contributed by atoms with Crippen molar-refractivity contribution in [2.75, 3.05) is 0 Å². The van der Waals surface area contributed by atoms with Gasteiger partial charge in [0.15, 0.2) is 0 Å². The summed E-state index contributed by atoms with van der Waals surface area (Å²) in [6.45, 7) is 12.5. The van der Waals surface area contributed by atoms with Gasteiger partial charge in [0, 0.05) is 0 Å². The molecule has 0 aromatic heterocycles. The lowest BCUT2D eigenvalue weighted by molar-refractivity contribution is -0.0590. The summed E-state index contributed by atoms with van der Waals surface area (Å²) in [6.07, 6.45) is 17.2. The van der Waals surface area contributed by atoms with Crippen LogP contribution in [0, 0.1) is 46.3 Å². The Morgan fingerprint density at radius 2 is 1.79 bits per heavy atom. The molecule has 0 aromatic rings. The first-order chi connectivity index (χ1) is 13.3. The van der Waals surface area contributed by atoms with E-state index >= 15 is 0 Å². The van der Waals surface area contributed by atoms with Crippen LogP contribution in [0.5, 0.6) is 0 Å². The fourth-order valence-corrected chi connectivity index (χ4v) is 8.81. The number of aliphatic hydroxyl groups is 1. The Kier molecular flexibility index (Phi) is 5.80. The second kappa shape index (κ2) is 7.75. The molecule has 0 heterocycles. The quantitative estimate of drug-likeness (QED) is 0.488. The van der Waals surface area contributed by atoms with Gasteiger partial charge in [0.1, 0.15) is 0 Å². The van der Waals surface area contributed by atoms with Gasteiger partial charge < -0.3 is 5.11 Å². The first-order valence-electron chi connectivity index (χ1n) is 12.7. The molecule has 3 fully saturated rings. The van der Waals surface area contributed by atoms with Crippen molar-refractivity contribution in [3.05, 3.63) is 11.6 Å². The molecule has 160 valence electrons. The van der Waals surface area contributed by atoms with Gasteiger partial charge in [0.2, 0.25) is 0 Å². The predicted molar refractivity (Wildman–Crippen MR) is 119 cm³/mol. The minimum atomic E-state index is -0.148. The average molecular weight is 387 g/mol. The van der Waals surface area contributed by atoms with Gasteiger partial charge >= 0.3 is 0 Å². The molecule has 0 unspecified atom stereocenters. The Morgan fingerprint density at radius 1 is 1.00 bits per heavy atom. The lowest BCUT2D eigenvalue weighted by Gasteiger charge is -2.58. The van der Waals surface area contributed by atoms with E-state index in [9.17, 15) is 5.11 Å². The fourth-order valence-electron chi connectivity index (χ4n) is 8.81. The number of rotatable bonds is 5. The fraction of sp³-hybridized carbons (Fsp3) is 0.926. The van der Waals surface area contributed by atoms with Crippen LogP contribution < -0.4 is 0 Å². The smallest absolute Gasteiger partial charge is 0.0755 e. The molecule has 1 N–H and O–H groups in total. The van der Waals surface area contributed by atoms with Crippen LogP contribution in [-0.2, 0) is 0 Å². The third-order valence-electron chi connectivity index (χ3n) is 10.3. The summed E-state index contributed by atoms with van der Waals surface area (Å²) in [6, 6.07) is 0. The highest BCUT2D eigenvalue weighted by Gasteiger charge is 2.59. The zero-order valence-corrected chi connectivity index (χ0v) is 19.3. The molecule has 4 aliphatic carbocycles. The van der Waals surface area contributed by atoms with E-state index in [1.165, 1.54) is 69.8 Å². The normalized spacial score (nSPS) is 46.5. The van der Waals surface area contributed by atoms with Gasteiger partial charge in [-0.3, -0.25) is 0 Å². The average Bonchev–Trinajstić information content (AvgIpc) is 2.98. The molecule has 3 saturated carbocycles. The van der Waals surface area contributed by atoms with E-state index in [1.54, 1.807) is 0 Å². The molecule has 0 aliphatic heterocycles. The zero-order chi connectivity index (χ0) is 20.1. The van der Waals surface area contributed by atoms with Crippen molar-refractivity contribution < 1.29 is 5.11 Å². The van der Waals surface area contributed by atoms with Gasteiger partial charge in [0.25, 0.3) is 0 Å². The van der Waals surface area contributed by atoms with E-state index in [1.807, 2.05) is 0 Å². The molecule has 4 aliphatic rings. The van der Waals surface area contributed by atoms with E-state index in [0.717, 1.165) is 41.9 Å². The van der Waals surface area contributed by atoms with Crippen LogP contribution in [0.25, 0.3) is 0 Å². The van der Waals surface area contributed by atoms with E-state index < -0.39 is 0 Å². The van der Waals surface area contributed by atoms with Gasteiger partial charge in [-0.1, -0.05) is 60.0 Å². The molecule has 4 rings (SSSR count). The largest absolute Gasteiger partial charge is 0.389 e. The number of hydrogen-bond acceptors (Lipinski definition) is 1. The summed E-state index contributed by atoms with van der Waals surface area (Å²) in [5.41, 5.74) is 2.30. The standard InChI is InChI=1S/C27H46O/c1-18(2)8-6-9-19(3)21-13-14-22-20-11-12-24-25(28)10-7-16-26(24,4)23(20)15-17-27(21,22)5/h12,18-23,25,28H,6-11,13-17H2,1-5H3/t19-,20-,21+,22-,23-,25-,26-,27+/m1/s1. The molecule has 28 heavy (non-hydrogen) atoms. The molecule has 1 heteroatoms. The first-order valence-corrected chi connectivity index (χ1v) is 12.7. The molecule has 0 aromatic carbocycles. The van der Waals surface area contributed by atoms with Crippen molar-refractivity contribution in [1.82, 2.24) is 0 Å². The van der Waals surface area contributed by atoms with Crippen LogP contribution in [-0.4, -0.2) is 11.2 Å². The van der Waals surface area contributed by atoms with Gasteiger partial charge in [-0.25, -0.2) is 0 Å². The summed E-state index contributed by atoms with van der Waals surface area (Å²) < 4.78 is 0. The minimum absolute atomic E-state index is 0.148. The number of fused-ring (bicyclic) bond motifs is 5. The van der Waals surface area contributed by atoms with Crippen LogP contribution in [0.3, 0.4) is 0 Å². The highest BCUT2D eigenvalue weighted by atomic mass is 16.3. The summed E-state index contributed by atoms with van der Waals surface area (Å²) in [7, 11) is 0. The van der Waals surface area contributed by atoms with Gasteiger partial charge in [-0.15, -0.1) is 0 Å². The lowest BCUT2D eigenvalue weighted by atomic mass is 9.47. The Labute approximate surface area is 174 Å². The molecular weight excluding hydrogens is 340 g/mol. The number of allylic oxidation sites excluding steroid dienone is 1. The maximum Gasteiger partial charge on any atom is 0.0755 e. The van der Waals surface area contributed by atoms with Crippen LogP contribution >= 0.6 is 0 Å². The van der Waals surface area contributed by atoms with Crippen molar-refractivity contribution in [3.63, 3.8) is 0 Å². The predicted octanol–water partition coefficient (Wildman–Crippen LogP) is 7.39. The maximum atomic E-state index is 10.7. The van der Waals surface area contributed by atoms with E-state index in [2.05, 4.69) is 40.7 Å². The highest BCUT2D eigenvalue weighted by molar-refractivity contribution is 5.27. The van der Waals surface area contributed by atoms with Crippen LogP contribution in [0.1, 0.15) is 105 Å². The highest BCUT2D eigenvalue weighted by Crippen LogP contribution is 2.67. The summed E-state index contributed by atoms with van der Waals surface area (Å²) in [5.74, 6) is 5.33. The van der Waals surface area contributed by atoms with E-state index in [-0.39, 0.29) is 6.10 Å². The molecule has 1 nitrogen and oxygen atoms in total. The van der Waals surface area contributed by atoms with Crippen molar-refractivity contribution in [2.24, 2.45) is 46.3 Å². The van der Waals surface area contributed by atoms with Gasteiger partial charge in [0.05, 0.1) is 6.10 Å². The molecule has 0 saturated heterocycles. The number of aliphatic hydroxyl groups excluding tert-OH is 1. The monoisotopic (exact) mass is 386 g/mol. The topological polar surface area (TPSA) is 20.2 Å². The van der Waals surface area contributed by atoms with Crippen LogP contribution in [0.2, 0.25) is 0 Å². The Morgan fingerprint density at radius 3 is 2.54 bits per heavy atom.